The summed E-state index contributed by atoms with van der Waals surface area (Å²) >= 11 is 0. The lowest BCUT2D eigenvalue weighted by Gasteiger charge is -2.25. The van der Waals surface area contributed by atoms with Crippen LogP contribution in [0.25, 0.3) is 0 Å². The molecule has 1 amide bonds. The summed E-state index contributed by atoms with van der Waals surface area (Å²) in [5.41, 5.74) is 1.50. The van der Waals surface area contributed by atoms with Gasteiger partial charge in [-0.1, -0.05) is 18.2 Å². The van der Waals surface area contributed by atoms with Crippen molar-refractivity contribution in [2.45, 2.75) is 39.7 Å². The summed E-state index contributed by atoms with van der Waals surface area (Å²) in [7, 11) is 0. The minimum Gasteiger partial charge on any atom is -0.442 e. The summed E-state index contributed by atoms with van der Waals surface area (Å²) in [6.45, 7) is 12.2. The van der Waals surface area contributed by atoms with Crippen LogP contribution >= 0.6 is 0 Å². The second-order valence-corrected chi connectivity index (χ2v) is 5.15. The monoisotopic (exact) mass is 239 g/mol. The Morgan fingerprint density at radius 2 is 2.18 bits per heavy atom. The van der Waals surface area contributed by atoms with Gasteiger partial charge in [-0.3, -0.25) is 4.84 Å². The molecule has 1 aliphatic heterocycles. The molecule has 0 fully saturated rings. The topological polar surface area (TPSA) is 38.8 Å². The maximum Gasteiger partial charge on any atom is 0.434 e. The molecule has 4 heteroatoms. The number of rotatable bonds is 1. The fraction of sp³-hybridized carbons (Fsp3) is 0.615. The van der Waals surface area contributed by atoms with Crippen LogP contribution in [0, 0.1) is 0 Å². The SMILES string of the molecule is C=C(C)C1=CCCN(C(=O)OC(C)(C)C)OC1. The molecular weight excluding hydrogens is 218 g/mol. The van der Waals surface area contributed by atoms with Gasteiger partial charge in [-0.15, -0.1) is 0 Å². The third-order valence-corrected chi connectivity index (χ3v) is 2.24. The highest BCUT2D eigenvalue weighted by Crippen LogP contribution is 2.16. The van der Waals surface area contributed by atoms with Crippen molar-refractivity contribution in [3.05, 3.63) is 23.8 Å². The van der Waals surface area contributed by atoms with Gasteiger partial charge in [0.2, 0.25) is 0 Å². The van der Waals surface area contributed by atoms with Crippen LogP contribution in [-0.4, -0.2) is 29.9 Å². The first-order valence-corrected chi connectivity index (χ1v) is 5.78. The Kier molecular flexibility index (Phi) is 4.34. The van der Waals surface area contributed by atoms with E-state index in [-0.39, 0.29) is 0 Å². The van der Waals surface area contributed by atoms with Gasteiger partial charge in [0.05, 0.1) is 6.54 Å². The van der Waals surface area contributed by atoms with Gasteiger partial charge >= 0.3 is 6.09 Å². The van der Waals surface area contributed by atoms with Gasteiger partial charge in [0, 0.05) is 0 Å². The van der Waals surface area contributed by atoms with E-state index < -0.39 is 11.7 Å². The van der Waals surface area contributed by atoms with E-state index in [1.54, 1.807) is 0 Å². The number of hydrogen-bond acceptors (Lipinski definition) is 3. The Bertz CT molecular complexity index is 339. The van der Waals surface area contributed by atoms with Crippen molar-refractivity contribution in [3.63, 3.8) is 0 Å². The number of hydroxylamine groups is 2. The molecule has 0 saturated carbocycles. The van der Waals surface area contributed by atoms with Crippen molar-refractivity contribution in [3.8, 4) is 0 Å². The van der Waals surface area contributed by atoms with Crippen LogP contribution in [0.1, 0.15) is 34.1 Å². The third kappa shape index (κ3) is 4.61. The van der Waals surface area contributed by atoms with E-state index >= 15 is 0 Å². The molecule has 1 aliphatic rings. The molecule has 0 atom stereocenters. The Hall–Kier alpha value is -1.29. The number of amides is 1. The first-order valence-electron chi connectivity index (χ1n) is 5.78. The van der Waals surface area contributed by atoms with Crippen molar-refractivity contribution in [2.24, 2.45) is 0 Å². The molecule has 0 aromatic heterocycles. The van der Waals surface area contributed by atoms with Gasteiger partial charge in [0.1, 0.15) is 12.2 Å². The first kappa shape index (κ1) is 13.8. The Labute approximate surface area is 103 Å². The fourth-order valence-electron chi connectivity index (χ4n) is 1.38. The van der Waals surface area contributed by atoms with E-state index in [4.69, 9.17) is 9.57 Å². The number of nitrogens with zero attached hydrogens (tertiary/aromatic N) is 1. The Morgan fingerprint density at radius 1 is 1.53 bits per heavy atom. The fourth-order valence-corrected chi connectivity index (χ4v) is 1.38. The lowest BCUT2D eigenvalue weighted by atomic mass is 10.1. The highest BCUT2D eigenvalue weighted by atomic mass is 16.7. The number of carbonyl (C=O) groups is 1. The van der Waals surface area contributed by atoms with Gasteiger partial charge in [0.15, 0.2) is 0 Å². The maximum atomic E-state index is 11.8. The molecule has 0 N–H and O–H groups in total. The first-order chi connectivity index (χ1) is 7.79. The van der Waals surface area contributed by atoms with E-state index in [2.05, 4.69) is 6.58 Å². The van der Waals surface area contributed by atoms with Crippen LogP contribution in [0.15, 0.2) is 23.8 Å². The average Bonchev–Trinajstić information content (AvgIpc) is 2.39. The molecule has 0 unspecified atom stereocenters. The standard InChI is InChI=1S/C13H21NO3/c1-10(2)11-7-6-8-14(16-9-11)12(15)17-13(3,4)5/h7H,1,6,8-9H2,2-5H3. The molecule has 17 heavy (non-hydrogen) atoms. The number of hydrogen-bond donors (Lipinski definition) is 0. The summed E-state index contributed by atoms with van der Waals surface area (Å²) < 4.78 is 5.24. The Morgan fingerprint density at radius 3 is 2.71 bits per heavy atom. The number of ether oxygens (including phenoxy) is 1. The van der Waals surface area contributed by atoms with Crippen LogP contribution < -0.4 is 0 Å². The molecule has 1 rings (SSSR count). The summed E-state index contributed by atoms with van der Waals surface area (Å²) in [4.78, 5) is 17.2. The van der Waals surface area contributed by atoms with Crippen molar-refractivity contribution in [1.82, 2.24) is 5.06 Å². The largest absolute Gasteiger partial charge is 0.442 e. The molecule has 0 radical (unpaired) electrons. The molecule has 0 saturated heterocycles. The molecule has 0 aromatic rings. The van der Waals surface area contributed by atoms with Crippen LogP contribution in [0.5, 0.6) is 0 Å². The quantitative estimate of drug-likeness (QED) is 0.706. The van der Waals surface area contributed by atoms with E-state index in [9.17, 15) is 4.79 Å². The zero-order chi connectivity index (χ0) is 13.1. The smallest absolute Gasteiger partial charge is 0.434 e. The van der Waals surface area contributed by atoms with Crippen molar-refractivity contribution < 1.29 is 14.4 Å². The average molecular weight is 239 g/mol. The minimum atomic E-state index is -0.503. The maximum absolute atomic E-state index is 11.8. The predicted octanol–water partition coefficient (Wildman–Crippen LogP) is 3.06. The molecule has 4 nitrogen and oxygen atoms in total. The van der Waals surface area contributed by atoms with E-state index in [0.29, 0.717) is 13.2 Å². The summed E-state index contributed by atoms with van der Waals surface area (Å²) in [5.74, 6) is 0. The molecule has 0 aliphatic carbocycles. The zero-order valence-corrected chi connectivity index (χ0v) is 11.1. The van der Waals surface area contributed by atoms with E-state index in [1.807, 2.05) is 33.8 Å². The summed E-state index contributed by atoms with van der Waals surface area (Å²) in [6, 6.07) is 0. The zero-order valence-electron chi connectivity index (χ0n) is 11.1. The van der Waals surface area contributed by atoms with Gasteiger partial charge in [-0.25, -0.2) is 4.79 Å². The highest BCUT2D eigenvalue weighted by molar-refractivity contribution is 5.66. The van der Waals surface area contributed by atoms with E-state index in [1.165, 1.54) is 5.06 Å². The summed E-state index contributed by atoms with van der Waals surface area (Å²) in [6.07, 6.45) is 2.36. The third-order valence-electron chi connectivity index (χ3n) is 2.24. The second-order valence-electron chi connectivity index (χ2n) is 5.15. The van der Waals surface area contributed by atoms with Crippen LogP contribution in [-0.2, 0) is 9.57 Å². The lowest BCUT2D eigenvalue weighted by molar-refractivity contribution is -0.136. The molecule has 96 valence electrons. The van der Waals surface area contributed by atoms with Gasteiger partial charge < -0.3 is 4.74 Å². The minimum absolute atomic E-state index is 0.370. The van der Waals surface area contributed by atoms with Crippen molar-refractivity contribution >= 4 is 6.09 Å². The van der Waals surface area contributed by atoms with Gasteiger partial charge in [-0.05, 0) is 39.7 Å². The molecule has 1 heterocycles. The van der Waals surface area contributed by atoms with Gasteiger partial charge in [-0.2, -0.15) is 5.06 Å². The van der Waals surface area contributed by atoms with Crippen LogP contribution in [0.3, 0.4) is 0 Å². The van der Waals surface area contributed by atoms with Crippen LogP contribution in [0.4, 0.5) is 4.79 Å². The normalized spacial score (nSPS) is 17.2. The second kappa shape index (κ2) is 5.36. The van der Waals surface area contributed by atoms with Crippen molar-refractivity contribution in [1.29, 1.82) is 0 Å². The van der Waals surface area contributed by atoms with Crippen LogP contribution in [0.2, 0.25) is 0 Å². The lowest BCUT2D eigenvalue weighted by Crippen LogP contribution is -2.37. The van der Waals surface area contributed by atoms with Crippen molar-refractivity contribution in [2.75, 3.05) is 13.2 Å². The number of carbonyl (C=O) groups excluding carboxylic acids is 1. The molecule has 0 aromatic carbocycles. The predicted molar refractivity (Wildman–Crippen MR) is 66.4 cm³/mol. The highest BCUT2D eigenvalue weighted by Gasteiger charge is 2.24. The van der Waals surface area contributed by atoms with Gasteiger partial charge in [0.25, 0.3) is 0 Å². The molecular formula is C13H21NO3. The Balaban J connectivity index is 2.55. The van der Waals surface area contributed by atoms with E-state index in [0.717, 1.165) is 17.6 Å². The molecule has 0 spiro atoms. The summed E-state index contributed by atoms with van der Waals surface area (Å²) in [5, 5.41) is 1.28. The molecule has 0 bridgehead atoms.